The fourth-order valence-electron chi connectivity index (χ4n) is 2.98. The van der Waals surface area contributed by atoms with Gasteiger partial charge in [-0.25, -0.2) is 13.2 Å². The van der Waals surface area contributed by atoms with Gasteiger partial charge in [0.15, 0.2) is 0 Å². The van der Waals surface area contributed by atoms with Crippen molar-refractivity contribution in [1.82, 2.24) is 9.62 Å². The van der Waals surface area contributed by atoms with Crippen molar-refractivity contribution in [2.45, 2.75) is 50.5 Å². The molecule has 0 aromatic heterocycles. The van der Waals surface area contributed by atoms with Gasteiger partial charge >= 0.3 is 11.9 Å². The quantitative estimate of drug-likeness (QED) is 0.594. The Morgan fingerprint density at radius 1 is 1.23 bits per heavy atom. The van der Waals surface area contributed by atoms with Gasteiger partial charge in [-0.3, -0.25) is 4.79 Å². The minimum Gasteiger partial charge on any atom is -0.459 e. The number of nitrogens with zero attached hydrogens (tertiary/aromatic N) is 1. The molecule has 1 aliphatic heterocycles. The zero-order valence-electron chi connectivity index (χ0n) is 15.2. The fraction of sp³-hybridized carbons (Fsp3) is 0.556. The molecular formula is C18H26N2O5S. The first-order chi connectivity index (χ1) is 12.4. The fourth-order valence-corrected chi connectivity index (χ4v) is 4.68. The smallest absolute Gasteiger partial charge is 0.396 e. The van der Waals surface area contributed by atoms with Gasteiger partial charge in [-0.15, -0.1) is 0 Å². The average Bonchev–Trinajstić information content (AvgIpc) is 2.62. The highest BCUT2D eigenvalue weighted by atomic mass is 32.2. The van der Waals surface area contributed by atoms with E-state index in [4.69, 9.17) is 0 Å². The van der Waals surface area contributed by atoms with Crippen LogP contribution in [0.15, 0.2) is 29.2 Å². The molecule has 1 N–H and O–H groups in total. The van der Waals surface area contributed by atoms with E-state index in [9.17, 15) is 18.0 Å². The number of carbonyl (C=O) groups excluding carboxylic acids is 2. The van der Waals surface area contributed by atoms with Gasteiger partial charge in [0.25, 0.3) is 0 Å². The molecule has 0 radical (unpaired) electrons. The molecule has 1 aromatic rings. The number of ether oxygens (including phenoxy) is 1. The van der Waals surface area contributed by atoms with E-state index in [1.165, 1.54) is 0 Å². The van der Waals surface area contributed by atoms with Crippen LogP contribution in [0.5, 0.6) is 0 Å². The van der Waals surface area contributed by atoms with Crippen molar-refractivity contribution in [2.75, 3.05) is 19.7 Å². The average molecular weight is 382 g/mol. The lowest BCUT2D eigenvalue weighted by Gasteiger charge is -2.32. The molecule has 0 saturated carbocycles. The summed E-state index contributed by atoms with van der Waals surface area (Å²) in [4.78, 5) is 22.9. The topological polar surface area (TPSA) is 92.8 Å². The van der Waals surface area contributed by atoms with Gasteiger partial charge in [-0.1, -0.05) is 18.6 Å². The Morgan fingerprint density at radius 2 is 1.92 bits per heavy atom. The molecule has 1 fully saturated rings. The molecule has 1 unspecified atom stereocenters. The van der Waals surface area contributed by atoms with Crippen LogP contribution in [0, 0.1) is 0 Å². The van der Waals surface area contributed by atoms with E-state index < -0.39 is 21.9 Å². The third-order valence-electron chi connectivity index (χ3n) is 4.43. The van der Waals surface area contributed by atoms with E-state index in [1.807, 2.05) is 6.92 Å². The predicted molar refractivity (Wildman–Crippen MR) is 97.0 cm³/mol. The Morgan fingerprint density at radius 3 is 2.54 bits per heavy atom. The molecule has 1 aromatic carbocycles. The van der Waals surface area contributed by atoms with Crippen molar-refractivity contribution < 1.29 is 22.7 Å². The highest BCUT2D eigenvalue weighted by Gasteiger charge is 2.30. The molecular weight excluding hydrogens is 356 g/mol. The molecule has 0 bridgehead atoms. The van der Waals surface area contributed by atoms with E-state index in [2.05, 4.69) is 10.1 Å². The molecule has 1 heterocycles. The lowest BCUT2D eigenvalue weighted by Crippen LogP contribution is -2.41. The second-order valence-corrected chi connectivity index (χ2v) is 8.22. The van der Waals surface area contributed by atoms with Crippen LogP contribution < -0.4 is 5.32 Å². The van der Waals surface area contributed by atoms with Crippen molar-refractivity contribution in [3.05, 3.63) is 29.8 Å². The maximum Gasteiger partial charge on any atom is 0.396 e. The van der Waals surface area contributed by atoms with Gasteiger partial charge in [0, 0.05) is 19.1 Å². The predicted octanol–water partition coefficient (Wildman–Crippen LogP) is 1.47. The number of piperidine rings is 1. The number of amides is 1. The number of nitrogens with one attached hydrogen (secondary N) is 1. The highest BCUT2D eigenvalue weighted by molar-refractivity contribution is 7.89. The van der Waals surface area contributed by atoms with Crippen molar-refractivity contribution in [2.24, 2.45) is 0 Å². The standard InChI is InChI=1S/C18H26N2O5S/c1-3-25-18(22)17(21)19-12-11-15-7-9-16(10-8-15)26(23,24)20-13-5-4-6-14(20)2/h7-10,14H,3-6,11-13H2,1-2H3,(H,19,21). The largest absolute Gasteiger partial charge is 0.459 e. The summed E-state index contributed by atoms with van der Waals surface area (Å²) < 4.78 is 31.7. The molecule has 7 nitrogen and oxygen atoms in total. The SMILES string of the molecule is CCOC(=O)C(=O)NCCc1ccc(S(=O)(=O)N2CCCCC2C)cc1. The molecule has 1 amide bonds. The van der Waals surface area contributed by atoms with E-state index in [1.54, 1.807) is 35.5 Å². The van der Waals surface area contributed by atoms with E-state index >= 15 is 0 Å². The summed E-state index contributed by atoms with van der Waals surface area (Å²) in [6.07, 6.45) is 3.33. The first kappa shape index (κ1) is 20.4. The van der Waals surface area contributed by atoms with Gasteiger partial charge in [-0.2, -0.15) is 4.31 Å². The Balaban J connectivity index is 1.93. The van der Waals surface area contributed by atoms with E-state index in [0.717, 1.165) is 24.8 Å². The number of carbonyl (C=O) groups is 2. The van der Waals surface area contributed by atoms with Crippen molar-refractivity contribution in [1.29, 1.82) is 0 Å². The summed E-state index contributed by atoms with van der Waals surface area (Å²) in [7, 11) is -3.48. The summed E-state index contributed by atoms with van der Waals surface area (Å²) in [6.45, 7) is 4.55. The zero-order valence-corrected chi connectivity index (χ0v) is 16.0. The number of sulfonamides is 1. The van der Waals surface area contributed by atoms with Crippen LogP contribution in [-0.4, -0.2) is 50.3 Å². The number of hydrogen-bond donors (Lipinski definition) is 1. The molecule has 1 aliphatic rings. The number of rotatable bonds is 6. The lowest BCUT2D eigenvalue weighted by atomic mass is 10.1. The van der Waals surface area contributed by atoms with E-state index in [-0.39, 0.29) is 24.1 Å². The van der Waals surface area contributed by atoms with Crippen LogP contribution in [0.3, 0.4) is 0 Å². The Kier molecular flexibility index (Phi) is 7.16. The minimum atomic E-state index is -3.48. The van der Waals surface area contributed by atoms with E-state index in [0.29, 0.717) is 13.0 Å². The number of benzene rings is 1. The molecule has 0 spiro atoms. The normalized spacial score (nSPS) is 18.3. The van der Waals surface area contributed by atoms with Crippen LogP contribution >= 0.6 is 0 Å². The van der Waals surface area contributed by atoms with Gasteiger partial charge in [0.05, 0.1) is 11.5 Å². The Labute approximate surface area is 154 Å². The first-order valence-corrected chi connectivity index (χ1v) is 10.4. The maximum atomic E-state index is 12.8. The van der Waals surface area contributed by atoms with Crippen molar-refractivity contribution >= 4 is 21.9 Å². The lowest BCUT2D eigenvalue weighted by molar-refractivity contribution is -0.154. The zero-order chi connectivity index (χ0) is 19.2. The summed E-state index contributed by atoms with van der Waals surface area (Å²) in [6, 6.07) is 6.68. The van der Waals surface area contributed by atoms with Crippen LogP contribution in [0.1, 0.15) is 38.7 Å². The molecule has 1 atom stereocenters. The molecule has 26 heavy (non-hydrogen) atoms. The maximum absolute atomic E-state index is 12.8. The van der Waals surface area contributed by atoms with Crippen LogP contribution in [-0.2, 0) is 30.8 Å². The molecule has 144 valence electrons. The van der Waals surface area contributed by atoms with Crippen LogP contribution in [0.2, 0.25) is 0 Å². The molecule has 1 saturated heterocycles. The Bertz CT molecular complexity index is 730. The summed E-state index contributed by atoms with van der Waals surface area (Å²) >= 11 is 0. The van der Waals surface area contributed by atoms with Gasteiger partial charge in [0.2, 0.25) is 10.0 Å². The van der Waals surface area contributed by atoms with Crippen LogP contribution in [0.25, 0.3) is 0 Å². The third kappa shape index (κ3) is 5.04. The second kappa shape index (κ2) is 9.14. The molecule has 2 rings (SSSR count). The minimum absolute atomic E-state index is 0.0199. The molecule has 0 aliphatic carbocycles. The number of hydrogen-bond acceptors (Lipinski definition) is 5. The molecule has 8 heteroatoms. The Hall–Kier alpha value is -1.93. The third-order valence-corrected chi connectivity index (χ3v) is 6.46. The summed E-state index contributed by atoms with van der Waals surface area (Å²) in [5, 5.41) is 2.48. The van der Waals surface area contributed by atoms with Gasteiger partial charge in [-0.05, 0) is 50.8 Å². The highest BCUT2D eigenvalue weighted by Crippen LogP contribution is 2.25. The summed E-state index contributed by atoms with van der Waals surface area (Å²) in [5.74, 6) is -1.67. The van der Waals surface area contributed by atoms with Crippen molar-refractivity contribution in [3.63, 3.8) is 0 Å². The first-order valence-electron chi connectivity index (χ1n) is 8.92. The van der Waals surface area contributed by atoms with Gasteiger partial charge in [0.1, 0.15) is 0 Å². The monoisotopic (exact) mass is 382 g/mol. The second-order valence-electron chi connectivity index (χ2n) is 6.33. The van der Waals surface area contributed by atoms with Gasteiger partial charge < -0.3 is 10.1 Å². The van der Waals surface area contributed by atoms with Crippen molar-refractivity contribution in [3.8, 4) is 0 Å². The number of esters is 1. The summed E-state index contributed by atoms with van der Waals surface area (Å²) in [5.41, 5.74) is 0.875. The van der Waals surface area contributed by atoms with Crippen LogP contribution in [0.4, 0.5) is 0 Å².